The summed E-state index contributed by atoms with van der Waals surface area (Å²) in [7, 11) is 0. The standard InChI is InChI=1S/C15H23/c1-6-7-13-8-9-14(11(2)3)10-15(13)12(4)5/h8-12H,1,6-7H2,2-5H3. The van der Waals surface area contributed by atoms with E-state index in [-0.39, 0.29) is 0 Å². The summed E-state index contributed by atoms with van der Waals surface area (Å²) in [6.45, 7) is 13.0. The Morgan fingerprint density at radius 2 is 1.73 bits per heavy atom. The minimum absolute atomic E-state index is 0.616. The molecule has 1 rings (SSSR count). The molecule has 0 atom stereocenters. The molecule has 0 saturated heterocycles. The van der Waals surface area contributed by atoms with Crippen molar-refractivity contribution >= 4 is 0 Å². The summed E-state index contributed by atoms with van der Waals surface area (Å²) in [4.78, 5) is 0. The minimum atomic E-state index is 0.616. The second-order valence-electron chi connectivity index (χ2n) is 4.87. The van der Waals surface area contributed by atoms with Gasteiger partial charge in [0.1, 0.15) is 0 Å². The molecule has 0 unspecified atom stereocenters. The van der Waals surface area contributed by atoms with E-state index in [9.17, 15) is 0 Å². The Hall–Kier alpha value is -0.780. The Labute approximate surface area is 94.7 Å². The molecular weight excluding hydrogens is 180 g/mol. The molecule has 0 fully saturated rings. The third kappa shape index (κ3) is 3.09. The van der Waals surface area contributed by atoms with E-state index in [1.54, 1.807) is 0 Å². The van der Waals surface area contributed by atoms with E-state index in [4.69, 9.17) is 0 Å². The predicted molar refractivity (Wildman–Crippen MR) is 68.3 cm³/mol. The molecular formula is C15H23. The summed E-state index contributed by atoms with van der Waals surface area (Å²) < 4.78 is 0. The van der Waals surface area contributed by atoms with Crippen molar-refractivity contribution < 1.29 is 0 Å². The van der Waals surface area contributed by atoms with Crippen molar-refractivity contribution in [1.29, 1.82) is 0 Å². The first-order valence-electron chi connectivity index (χ1n) is 5.98. The molecule has 83 valence electrons. The van der Waals surface area contributed by atoms with Crippen molar-refractivity contribution in [3.63, 3.8) is 0 Å². The molecule has 0 aliphatic rings. The summed E-state index contributed by atoms with van der Waals surface area (Å²) in [5, 5.41) is 0. The van der Waals surface area contributed by atoms with Crippen molar-refractivity contribution in [2.75, 3.05) is 0 Å². The van der Waals surface area contributed by atoms with Gasteiger partial charge in [0.05, 0.1) is 0 Å². The third-order valence-corrected chi connectivity index (χ3v) is 2.90. The largest absolute Gasteiger partial charge is 0.0587 e. The quantitative estimate of drug-likeness (QED) is 0.665. The molecule has 0 nitrogen and oxygen atoms in total. The zero-order valence-corrected chi connectivity index (χ0v) is 10.5. The van der Waals surface area contributed by atoms with Crippen LogP contribution in [-0.4, -0.2) is 0 Å². The van der Waals surface area contributed by atoms with Crippen molar-refractivity contribution in [2.24, 2.45) is 0 Å². The van der Waals surface area contributed by atoms with Gasteiger partial charge >= 0.3 is 0 Å². The van der Waals surface area contributed by atoms with Crippen LogP contribution in [0.2, 0.25) is 0 Å². The highest BCUT2D eigenvalue weighted by atomic mass is 14.1. The van der Waals surface area contributed by atoms with E-state index in [0.29, 0.717) is 11.8 Å². The van der Waals surface area contributed by atoms with Gasteiger partial charge < -0.3 is 0 Å². The maximum absolute atomic E-state index is 3.94. The molecule has 0 spiro atoms. The number of aryl methyl sites for hydroxylation is 1. The van der Waals surface area contributed by atoms with Gasteiger partial charge in [0, 0.05) is 0 Å². The van der Waals surface area contributed by atoms with Crippen molar-refractivity contribution in [1.82, 2.24) is 0 Å². The van der Waals surface area contributed by atoms with Crippen molar-refractivity contribution in [3.8, 4) is 0 Å². The lowest BCUT2D eigenvalue weighted by atomic mass is 9.90. The van der Waals surface area contributed by atoms with E-state index in [0.717, 1.165) is 12.8 Å². The fourth-order valence-electron chi connectivity index (χ4n) is 1.93. The Kier molecular flexibility index (Phi) is 4.38. The Balaban J connectivity index is 3.09. The molecule has 0 aliphatic heterocycles. The number of benzene rings is 1. The predicted octanol–water partition coefficient (Wildman–Crippen LogP) is 4.70. The first kappa shape index (κ1) is 12.3. The van der Waals surface area contributed by atoms with Gasteiger partial charge in [0.2, 0.25) is 0 Å². The van der Waals surface area contributed by atoms with Crippen LogP contribution in [0.3, 0.4) is 0 Å². The Morgan fingerprint density at radius 1 is 1.07 bits per heavy atom. The third-order valence-electron chi connectivity index (χ3n) is 2.90. The van der Waals surface area contributed by atoms with E-state index < -0.39 is 0 Å². The highest BCUT2D eigenvalue weighted by Gasteiger charge is 2.08. The SMILES string of the molecule is [CH2]CCc1ccc(C(C)C)cc1C(C)C. The zero-order valence-electron chi connectivity index (χ0n) is 10.5. The van der Waals surface area contributed by atoms with Gasteiger partial charge in [-0.3, -0.25) is 0 Å². The van der Waals surface area contributed by atoms with Crippen LogP contribution in [0, 0.1) is 6.92 Å². The fraction of sp³-hybridized carbons (Fsp3) is 0.533. The fourth-order valence-corrected chi connectivity index (χ4v) is 1.93. The summed E-state index contributed by atoms with van der Waals surface area (Å²) in [5.74, 6) is 1.24. The average molecular weight is 203 g/mol. The Bertz CT molecular complexity index is 308. The number of hydrogen-bond acceptors (Lipinski definition) is 0. The lowest BCUT2D eigenvalue weighted by Crippen LogP contribution is -1.99. The highest BCUT2D eigenvalue weighted by molar-refractivity contribution is 5.35. The van der Waals surface area contributed by atoms with Crippen LogP contribution < -0.4 is 0 Å². The molecule has 0 amide bonds. The van der Waals surface area contributed by atoms with Crippen LogP contribution in [-0.2, 0) is 6.42 Å². The maximum atomic E-state index is 3.94. The number of hydrogen-bond donors (Lipinski definition) is 0. The summed E-state index contributed by atoms with van der Waals surface area (Å²) in [5.41, 5.74) is 4.43. The smallest absolute Gasteiger partial charge is 0.0216 e. The van der Waals surface area contributed by atoms with Gasteiger partial charge in [-0.05, 0) is 41.4 Å². The highest BCUT2D eigenvalue weighted by Crippen LogP contribution is 2.25. The molecule has 0 bridgehead atoms. The topological polar surface area (TPSA) is 0 Å². The van der Waals surface area contributed by atoms with Crippen LogP contribution in [0.15, 0.2) is 18.2 Å². The summed E-state index contributed by atoms with van der Waals surface area (Å²) in [6.07, 6.45) is 2.09. The van der Waals surface area contributed by atoms with Gasteiger partial charge in [0.15, 0.2) is 0 Å². The molecule has 0 heterocycles. The molecule has 15 heavy (non-hydrogen) atoms. The second-order valence-corrected chi connectivity index (χ2v) is 4.87. The zero-order chi connectivity index (χ0) is 11.4. The van der Waals surface area contributed by atoms with E-state index in [2.05, 4.69) is 52.8 Å². The molecule has 0 N–H and O–H groups in total. The summed E-state index contributed by atoms with van der Waals surface area (Å²) >= 11 is 0. The van der Waals surface area contributed by atoms with Crippen LogP contribution in [0.4, 0.5) is 0 Å². The van der Waals surface area contributed by atoms with Crippen LogP contribution in [0.25, 0.3) is 0 Å². The van der Waals surface area contributed by atoms with E-state index in [1.165, 1.54) is 16.7 Å². The Morgan fingerprint density at radius 3 is 2.20 bits per heavy atom. The van der Waals surface area contributed by atoms with Gasteiger partial charge in [-0.15, -0.1) is 0 Å². The van der Waals surface area contributed by atoms with Gasteiger partial charge in [-0.25, -0.2) is 0 Å². The normalized spacial score (nSPS) is 11.4. The molecule has 0 aliphatic carbocycles. The van der Waals surface area contributed by atoms with Crippen LogP contribution in [0.5, 0.6) is 0 Å². The molecule has 0 aromatic heterocycles. The van der Waals surface area contributed by atoms with E-state index in [1.807, 2.05) is 0 Å². The first-order chi connectivity index (χ1) is 7.06. The van der Waals surface area contributed by atoms with Gasteiger partial charge in [0.25, 0.3) is 0 Å². The van der Waals surface area contributed by atoms with Crippen LogP contribution in [0.1, 0.15) is 62.6 Å². The molecule has 0 saturated carbocycles. The van der Waals surface area contributed by atoms with E-state index >= 15 is 0 Å². The minimum Gasteiger partial charge on any atom is -0.0587 e. The summed E-state index contributed by atoms with van der Waals surface area (Å²) in [6, 6.07) is 6.93. The first-order valence-corrected chi connectivity index (χ1v) is 5.98. The molecule has 1 radical (unpaired) electrons. The second kappa shape index (κ2) is 5.34. The lowest BCUT2D eigenvalue weighted by Gasteiger charge is -2.15. The van der Waals surface area contributed by atoms with Crippen molar-refractivity contribution in [2.45, 2.75) is 52.4 Å². The monoisotopic (exact) mass is 203 g/mol. The molecule has 1 aromatic rings. The average Bonchev–Trinajstić information content (AvgIpc) is 2.18. The lowest BCUT2D eigenvalue weighted by molar-refractivity contribution is 0.811. The van der Waals surface area contributed by atoms with Crippen molar-refractivity contribution in [3.05, 3.63) is 41.8 Å². The van der Waals surface area contributed by atoms with Gasteiger partial charge in [-0.2, -0.15) is 0 Å². The van der Waals surface area contributed by atoms with Gasteiger partial charge in [-0.1, -0.05) is 52.8 Å². The molecule has 0 heteroatoms. The molecule has 1 aromatic carbocycles. The number of rotatable bonds is 4. The van der Waals surface area contributed by atoms with Crippen LogP contribution >= 0.6 is 0 Å². The maximum Gasteiger partial charge on any atom is -0.0216 e.